The Labute approximate surface area is 126 Å². The van der Waals surface area contributed by atoms with Gasteiger partial charge in [-0.15, -0.1) is 0 Å². The molecule has 0 aliphatic heterocycles. The zero-order valence-corrected chi connectivity index (χ0v) is 13.4. The average Bonchev–Trinajstić information content (AvgIpc) is 2.46. The van der Waals surface area contributed by atoms with Crippen LogP contribution in [0, 0.1) is 0 Å². The van der Waals surface area contributed by atoms with Crippen molar-refractivity contribution in [3.63, 3.8) is 0 Å². The van der Waals surface area contributed by atoms with Gasteiger partial charge in [-0.25, -0.2) is 9.97 Å². The lowest BCUT2D eigenvalue weighted by Crippen LogP contribution is -2.35. The summed E-state index contributed by atoms with van der Waals surface area (Å²) in [6.07, 6.45) is 10.8. The van der Waals surface area contributed by atoms with Gasteiger partial charge in [0.1, 0.15) is 17.5 Å². The van der Waals surface area contributed by atoms with Crippen LogP contribution in [-0.4, -0.2) is 27.5 Å². The first-order valence-electron chi connectivity index (χ1n) is 7.60. The van der Waals surface area contributed by atoms with Gasteiger partial charge < -0.3 is 11.1 Å². The van der Waals surface area contributed by atoms with E-state index >= 15 is 0 Å². The van der Waals surface area contributed by atoms with Gasteiger partial charge in [0, 0.05) is 23.8 Å². The normalized spacial score (nSPS) is 17.9. The smallest absolute Gasteiger partial charge is 0.133 e. The van der Waals surface area contributed by atoms with Crippen molar-refractivity contribution in [3.05, 3.63) is 11.9 Å². The number of nitrogens with two attached hydrogens (primary N) is 1. The number of thioether (sulfide) groups is 1. The van der Waals surface area contributed by atoms with Crippen molar-refractivity contribution in [3.8, 4) is 0 Å². The Bertz CT molecular complexity index is 430. The molecule has 3 N–H and O–H groups in total. The van der Waals surface area contributed by atoms with Gasteiger partial charge in [-0.05, 0) is 25.5 Å². The second-order valence-corrected chi connectivity index (χ2v) is 6.92. The van der Waals surface area contributed by atoms with Crippen molar-refractivity contribution in [2.75, 3.05) is 23.9 Å². The molecule has 20 heavy (non-hydrogen) atoms. The first-order chi connectivity index (χ1) is 9.67. The summed E-state index contributed by atoms with van der Waals surface area (Å²) in [6, 6.07) is 1.84. The Morgan fingerprint density at radius 3 is 2.70 bits per heavy atom. The van der Waals surface area contributed by atoms with Gasteiger partial charge in [0.2, 0.25) is 0 Å². The minimum Gasteiger partial charge on any atom is -0.384 e. The predicted octanol–water partition coefficient (Wildman–Crippen LogP) is 3.49. The van der Waals surface area contributed by atoms with Gasteiger partial charge >= 0.3 is 0 Å². The molecule has 1 aliphatic rings. The quantitative estimate of drug-likeness (QED) is 0.841. The van der Waals surface area contributed by atoms with E-state index in [1.54, 1.807) is 0 Å². The molecule has 0 atom stereocenters. The van der Waals surface area contributed by atoms with Crippen LogP contribution in [0.4, 0.5) is 11.6 Å². The lowest BCUT2D eigenvalue weighted by molar-refractivity contribution is 0.411. The Balaban J connectivity index is 2.02. The minimum absolute atomic E-state index is 0.364. The van der Waals surface area contributed by atoms with E-state index in [0.717, 1.165) is 31.0 Å². The summed E-state index contributed by atoms with van der Waals surface area (Å²) in [5.74, 6) is 2.28. The summed E-state index contributed by atoms with van der Waals surface area (Å²) in [7, 11) is 0. The Kier molecular flexibility index (Phi) is 5.52. The van der Waals surface area contributed by atoms with E-state index in [1.165, 1.54) is 32.1 Å². The number of hydrogen-bond acceptors (Lipinski definition) is 5. The molecule has 1 aliphatic carbocycles. The van der Waals surface area contributed by atoms with Crippen LogP contribution in [-0.2, 0) is 6.42 Å². The summed E-state index contributed by atoms with van der Waals surface area (Å²) in [6.45, 7) is 3.10. The number of nitrogens with one attached hydrogen (secondary N) is 1. The van der Waals surface area contributed by atoms with E-state index < -0.39 is 0 Å². The van der Waals surface area contributed by atoms with Crippen molar-refractivity contribution in [2.24, 2.45) is 0 Å². The summed E-state index contributed by atoms with van der Waals surface area (Å²) < 4.78 is 0.364. The van der Waals surface area contributed by atoms with Crippen molar-refractivity contribution >= 4 is 23.4 Å². The van der Waals surface area contributed by atoms with Crippen LogP contribution in [0.2, 0.25) is 0 Å². The Hall–Kier alpha value is -0.970. The van der Waals surface area contributed by atoms with Gasteiger partial charge in [0.25, 0.3) is 0 Å². The summed E-state index contributed by atoms with van der Waals surface area (Å²) >= 11 is 1.99. The molecule has 1 fully saturated rings. The van der Waals surface area contributed by atoms with Gasteiger partial charge in [-0.2, -0.15) is 11.8 Å². The van der Waals surface area contributed by atoms with Gasteiger partial charge in [0.15, 0.2) is 0 Å². The maximum atomic E-state index is 5.87. The van der Waals surface area contributed by atoms with Crippen LogP contribution >= 0.6 is 11.8 Å². The fourth-order valence-corrected chi connectivity index (χ4v) is 3.76. The van der Waals surface area contributed by atoms with Gasteiger partial charge in [0.05, 0.1) is 0 Å². The van der Waals surface area contributed by atoms with E-state index in [0.29, 0.717) is 10.6 Å². The number of hydrogen-bond donors (Lipinski definition) is 2. The third-order valence-corrected chi connectivity index (χ3v) is 5.47. The highest BCUT2D eigenvalue weighted by Crippen LogP contribution is 2.38. The molecule has 0 spiro atoms. The zero-order chi connectivity index (χ0) is 14.4. The van der Waals surface area contributed by atoms with E-state index in [2.05, 4.69) is 28.5 Å². The molecule has 0 radical (unpaired) electrons. The Morgan fingerprint density at radius 1 is 1.30 bits per heavy atom. The SMILES string of the molecule is CCCc1nc(N)cc(NCC2(SC)CCCCC2)n1. The molecular weight excluding hydrogens is 268 g/mol. The van der Waals surface area contributed by atoms with Crippen molar-refractivity contribution in [1.29, 1.82) is 0 Å². The predicted molar refractivity (Wildman–Crippen MR) is 88.3 cm³/mol. The molecule has 1 aromatic rings. The second-order valence-electron chi connectivity index (χ2n) is 5.65. The fraction of sp³-hybridized carbons (Fsp3) is 0.733. The highest BCUT2D eigenvalue weighted by Gasteiger charge is 2.30. The fourth-order valence-electron chi connectivity index (χ4n) is 2.84. The first kappa shape index (κ1) is 15.4. The van der Waals surface area contributed by atoms with Gasteiger partial charge in [-0.1, -0.05) is 26.2 Å². The van der Waals surface area contributed by atoms with Gasteiger partial charge in [-0.3, -0.25) is 0 Å². The number of aryl methyl sites for hydroxylation is 1. The number of aromatic nitrogens is 2. The van der Waals surface area contributed by atoms with Crippen LogP contribution in [0.1, 0.15) is 51.3 Å². The molecular formula is C15H26N4S. The molecule has 5 heteroatoms. The molecule has 1 saturated carbocycles. The minimum atomic E-state index is 0.364. The van der Waals surface area contributed by atoms with Crippen LogP contribution < -0.4 is 11.1 Å². The summed E-state index contributed by atoms with van der Waals surface area (Å²) in [4.78, 5) is 8.84. The molecule has 0 aromatic carbocycles. The average molecular weight is 294 g/mol. The standard InChI is InChI=1S/C15H26N4S/c1-3-7-13-18-12(16)10-14(19-13)17-11-15(20-2)8-5-4-6-9-15/h10H,3-9,11H2,1-2H3,(H3,16,17,18,19). The highest BCUT2D eigenvalue weighted by molar-refractivity contribution is 8.00. The molecule has 0 unspecified atom stereocenters. The van der Waals surface area contributed by atoms with Crippen molar-refractivity contribution < 1.29 is 0 Å². The van der Waals surface area contributed by atoms with E-state index in [-0.39, 0.29) is 0 Å². The first-order valence-corrected chi connectivity index (χ1v) is 8.82. The largest absolute Gasteiger partial charge is 0.384 e. The van der Waals surface area contributed by atoms with Crippen LogP contribution in [0.3, 0.4) is 0 Å². The van der Waals surface area contributed by atoms with Crippen LogP contribution in [0.25, 0.3) is 0 Å². The maximum absolute atomic E-state index is 5.87. The second kappa shape index (κ2) is 7.16. The maximum Gasteiger partial charge on any atom is 0.133 e. The van der Waals surface area contributed by atoms with Crippen LogP contribution in [0.5, 0.6) is 0 Å². The number of nitrogens with zero attached hydrogens (tertiary/aromatic N) is 2. The summed E-state index contributed by atoms with van der Waals surface area (Å²) in [5.41, 5.74) is 5.87. The van der Waals surface area contributed by atoms with Crippen molar-refractivity contribution in [1.82, 2.24) is 9.97 Å². The monoisotopic (exact) mass is 294 g/mol. The molecule has 0 bridgehead atoms. The van der Waals surface area contributed by atoms with Crippen LogP contribution in [0.15, 0.2) is 6.07 Å². The van der Waals surface area contributed by atoms with E-state index in [1.807, 2.05) is 17.8 Å². The number of rotatable bonds is 6. The van der Waals surface area contributed by atoms with Crippen molar-refractivity contribution in [2.45, 2.75) is 56.6 Å². The molecule has 0 saturated heterocycles. The third kappa shape index (κ3) is 4.01. The lowest BCUT2D eigenvalue weighted by Gasteiger charge is -2.36. The highest BCUT2D eigenvalue weighted by atomic mass is 32.2. The molecule has 4 nitrogen and oxygen atoms in total. The summed E-state index contributed by atoms with van der Waals surface area (Å²) in [5, 5.41) is 3.49. The molecule has 0 amide bonds. The number of nitrogen functional groups attached to an aromatic ring is 1. The van der Waals surface area contributed by atoms with E-state index in [4.69, 9.17) is 5.73 Å². The third-order valence-electron chi connectivity index (χ3n) is 4.06. The van der Waals surface area contributed by atoms with E-state index in [9.17, 15) is 0 Å². The molecule has 2 rings (SSSR count). The molecule has 112 valence electrons. The topological polar surface area (TPSA) is 63.8 Å². The number of anilines is 2. The zero-order valence-electron chi connectivity index (χ0n) is 12.6. The molecule has 1 aromatic heterocycles. The molecule has 1 heterocycles. The lowest BCUT2D eigenvalue weighted by atomic mass is 9.88. The Morgan fingerprint density at radius 2 is 2.05 bits per heavy atom.